The number of nitrogens with zero attached hydrogens (tertiary/aromatic N) is 2. The number of morpholine rings is 1. The summed E-state index contributed by atoms with van der Waals surface area (Å²) < 4.78 is 33.3. The van der Waals surface area contributed by atoms with Crippen molar-refractivity contribution >= 4 is 27.3 Å². The number of sulfonamides is 1. The molecule has 3 aromatic rings. The maximum atomic E-state index is 13.1. The van der Waals surface area contributed by atoms with Crippen LogP contribution in [0.25, 0.3) is 11.3 Å². The van der Waals surface area contributed by atoms with Crippen LogP contribution in [-0.2, 0) is 21.2 Å². The molecule has 0 saturated carbocycles. The van der Waals surface area contributed by atoms with Crippen LogP contribution in [0, 0.1) is 6.92 Å². The predicted molar refractivity (Wildman–Crippen MR) is 134 cm³/mol. The SMILES string of the molecule is Cc1nc(-c2ccc(CCNC(=O)c3cccc(S(=O)(=O)N4C[C@@H](C)O[C@H](C)C4)c3)cc2)cs1. The fourth-order valence-corrected chi connectivity index (χ4v) is 6.29. The third-order valence-corrected chi connectivity index (χ3v) is 8.29. The number of carbonyl (C=O) groups excluding carboxylic acids is 1. The molecule has 0 radical (unpaired) electrons. The van der Waals surface area contributed by atoms with Gasteiger partial charge in [-0.3, -0.25) is 4.79 Å². The van der Waals surface area contributed by atoms with Gasteiger partial charge in [-0.15, -0.1) is 11.3 Å². The van der Waals surface area contributed by atoms with Crippen molar-refractivity contribution in [3.63, 3.8) is 0 Å². The molecule has 1 aromatic heterocycles. The standard InChI is InChI=1S/C25H29N3O4S2/c1-17-14-28(15-18(2)32-17)34(30,31)23-6-4-5-22(13-23)25(29)26-12-11-20-7-9-21(10-8-20)24-16-33-19(3)27-24/h4-10,13,16-18H,11-12,14-15H2,1-3H3,(H,26,29)/t17-,18-/m1/s1. The molecule has 2 aromatic carbocycles. The van der Waals surface area contributed by atoms with Gasteiger partial charge in [0.15, 0.2) is 0 Å². The predicted octanol–water partition coefficient (Wildman–Crippen LogP) is 3.89. The van der Waals surface area contributed by atoms with E-state index in [9.17, 15) is 13.2 Å². The van der Waals surface area contributed by atoms with E-state index in [-0.39, 0.29) is 23.0 Å². The van der Waals surface area contributed by atoms with Crippen LogP contribution >= 0.6 is 11.3 Å². The molecule has 0 aliphatic carbocycles. The number of carbonyl (C=O) groups is 1. The number of hydrogen-bond donors (Lipinski definition) is 1. The molecule has 1 fully saturated rings. The molecule has 7 nitrogen and oxygen atoms in total. The number of nitrogens with one attached hydrogen (secondary N) is 1. The van der Waals surface area contributed by atoms with Crippen LogP contribution in [-0.4, -0.2) is 55.5 Å². The molecule has 2 heterocycles. The van der Waals surface area contributed by atoms with Crippen molar-refractivity contribution in [1.29, 1.82) is 0 Å². The quantitative estimate of drug-likeness (QED) is 0.533. The van der Waals surface area contributed by atoms with E-state index in [1.807, 2.05) is 50.4 Å². The first-order valence-electron chi connectivity index (χ1n) is 11.3. The van der Waals surface area contributed by atoms with E-state index in [1.165, 1.54) is 16.4 Å². The van der Waals surface area contributed by atoms with Gasteiger partial charge in [0.1, 0.15) is 0 Å². The molecule has 1 N–H and O–H groups in total. The highest BCUT2D eigenvalue weighted by atomic mass is 32.2. The molecule has 1 aliphatic rings. The lowest BCUT2D eigenvalue weighted by atomic mass is 10.1. The van der Waals surface area contributed by atoms with Crippen molar-refractivity contribution in [2.45, 2.75) is 44.3 Å². The molecule has 1 saturated heterocycles. The Morgan fingerprint density at radius 1 is 1.15 bits per heavy atom. The van der Waals surface area contributed by atoms with Crippen molar-refractivity contribution in [3.8, 4) is 11.3 Å². The normalized spacial score (nSPS) is 19.1. The lowest BCUT2D eigenvalue weighted by Crippen LogP contribution is -2.48. The average Bonchev–Trinajstić information content (AvgIpc) is 3.25. The fourth-order valence-electron chi connectivity index (χ4n) is 4.03. The van der Waals surface area contributed by atoms with Gasteiger partial charge in [-0.25, -0.2) is 13.4 Å². The minimum atomic E-state index is -3.70. The third kappa shape index (κ3) is 5.72. The number of rotatable bonds is 7. The maximum Gasteiger partial charge on any atom is 0.251 e. The van der Waals surface area contributed by atoms with Crippen LogP contribution < -0.4 is 5.32 Å². The summed E-state index contributed by atoms with van der Waals surface area (Å²) in [4.78, 5) is 17.3. The lowest BCUT2D eigenvalue weighted by Gasteiger charge is -2.34. The number of benzene rings is 2. The Morgan fingerprint density at radius 2 is 1.85 bits per heavy atom. The van der Waals surface area contributed by atoms with Gasteiger partial charge in [0.2, 0.25) is 10.0 Å². The van der Waals surface area contributed by atoms with E-state index in [4.69, 9.17) is 4.74 Å². The Labute approximate surface area is 204 Å². The number of thiazole rings is 1. The van der Waals surface area contributed by atoms with Gasteiger partial charge in [-0.05, 0) is 51.0 Å². The number of amides is 1. The Bertz CT molecular complexity index is 1250. The summed E-state index contributed by atoms with van der Waals surface area (Å²) in [6.45, 7) is 6.74. The van der Waals surface area contributed by atoms with Crippen LogP contribution in [0.15, 0.2) is 58.8 Å². The number of aryl methyl sites for hydroxylation is 1. The highest BCUT2D eigenvalue weighted by Gasteiger charge is 2.32. The minimum absolute atomic E-state index is 0.120. The van der Waals surface area contributed by atoms with Crippen LogP contribution in [0.3, 0.4) is 0 Å². The molecule has 34 heavy (non-hydrogen) atoms. The molecule has 0 unspecified atom stereocenters. The number of hydrogen-bond acceptors (Lipinski definition) is 6. The first-order valence-corrected chi connectivity index (χ1v) is 13.6. The van der Waals surface area contributed by atoms with Crippen LogP contribution in [0.4, 0.5) is 0 Å². The molecule has 4 rings (SSSR count). The van der Waals surface area contributed by atoms with Crippen LogP contribution in [0.2, 0.25) is 0 Å². The topological polar surface area (TPSA) is 88.6 Å². The summed E-state index contributed by atoms with van der Waals surface area (Å²) in [5, 5.41) is 5.97. The Balaban J connectivity index is 1.36. The Hall–Kier alpha value is -2.59. The minimum Gasteiger partial charge on any atom is -0.373 e. The summed E-state index contributed by atoms with van der Waals surface area (Å²) in [5.74, 6) is -0.296. The summed E-state index contributed by atoms with van der Waals surface area (Å²) in [5.41, 5.74) is 3.46. The summed E-state index contributed by atoms with van der Waals surface area (Å²) in [7, 11) is -3.70. The van der Waals surface area contributed by atoms with E-state index in [1.54, 1.807) is 23.5 Å². The van der Waals surface area contributed by atoms with E-state index < -0.39 is 10.0 Å². The van der Waals surface area contributed by atoms with Crippen LogP contribution in [0.1, 0.15) is 34.8 Å². The molecule has 2 atom stereocenters. The van der Waals surface area contributed by atoms with Crippen molar-refractivity contribution in [3.05, 3.63) is 70.0 Å². The van der Waals surface area contributed by atoms with E-state index in [0.29, 0.717) is 31.6 Å². The molecular weight excluding hydrogens is 470 g/mol. The zero-order valence-electron chi connectivity index (χ0n) is 19.5. The first kappa shape index (κ1) is 24.5. The first-order chi connectivity index (χ1) is 16.2. The van der Waals surface area contributed by atoms with Crippen molar-refractivity contribution in [1.82, 2.24) is 14.6 Å². The van der Waals surface area contributed by atoms with Crippen molar-refractivity contribution in [2.75, 3.05) is 19.6 Å². The average molecular weight is 500 g/mol. The molecule has 180 valence electrons. The largest absolute Gasteiger partial charge is 0.373 e. The number of ether oxygens (including phenoxy) is 1. The van der Waals surface area contributed by atoms with E-state index in [2.05, 4.69) is 10.3 Å². The molecule has 9 heteroatoms. The maximum absolute atomic E-state index is 13.1. The number of aromatic nitrogens is 1. The monoisotopic (exact) mass is 499 g/mol. The smallest absolute Gasteiger partial charge is 0.251 e. The highest BCUT2D eigenvalue weighted by molar-refractivity contribution is 7.89. The van der Waals surface area contributed by atoms with Gasteiger partial charge in [0.05, 0.1) is 27.8 Å². The highest BCUT2D eigenvalue weighted by Crippen LogP contribution is 2.23. The molecule has 0 bridgehead atoms. The summed E-state index contributed by atoms with van der Waals surface area (Å²) in [6.07, 6.45) is 0.318. The van der Waals surface area contributed by atoms with Crippen molar-refractivity contribution < 1.29 is 17.9 Å². The van der Waals surface area contributed by atoms with Gasteiger partial charge in [0.25, 0.3) is 5.91 Å². The fraction of sp³-hybridized carbons (Fsp3) is 0.360. The zero-order chi connectivity index (χ0) is 24.3. The second-order valence-corrected chi connectivity index (χ2v) is 11.6. The second kappa shape index (κ2) is 10.4. The molecular formula is C25H29N3O4S2. The van der Waals surface area contributed by atoms with E-state index >= 15 is 0 Å². The lowest BCUT2D eigenvalue weighted by molar-refractivity contribution is -0.0440. The third-order valence-electron chi connectivity index (χ3n) is 5.69. The van der Waals surface area contributed by atoms with Gasteiger partial charge in [0, 0.05) is 36.1 Å². The summed E-state index contributed by atoms with van der Waals surface area (Å²) in [6, 6.07) is 14.3. The van der Waals surface area contributed by atoms with Gasteiger partial charge in [-0.1, -0.05) is 30.3 Å². The zero-order valence-corrected chi connectivity index (χ0v) is 21.2. The van der Waals surface area contributed by atoms with Gasteiger partial charge in [-0.2, -0.15) is 4.31 Å². The summed E-state index contributed by atoms with van der Waals surface area (Å²) >= 11 is 1.62. The van der Waals surface area contributed by atoms with E-state index in [0.717, 1.165) is 21.8 Å². The Morgan fingerprint density at radius 3 is 2.50 bits per heavy atom. The second-order valence-electron chi connectivity index (χ2n) is 8.56. The molecule has 0 spiro atoms. The molecule has 1 aliphatic heterocycles. The molecule has 1 amide bonds. The van der Waals surface area contributed by atoms with Gasteiger partial charge < -0.3 is 10.1 Å². The van der Waals surface area contributed by atoms with Crippen LogP contribution in [0.5, 0.6) is 0 Å². The van der Waals surface area contributed by atoms with Gasteiger partial charge >= 0.3 is 0 Å². The van der Waals surface area contributed by atoms with Crippen molar-refractivity contribution in [2.24, 2.45) is 0 Å². The Kier molecular flexibility index (Phi) is 7.47.